The minimum atomic E-state index is -0.851. The summed E-state index contributed by atoms with van der Waals surface area (Å²) in [5.41, 5.74) is 3.09. The summed E-state index contributed by atoms with van der Waals surface area (Å²) < 4.78 is 11.3. The maximum Gasteiger partial charge on any atom is 0.321 e. The summed E-state index contributed by atoms with van der Waals surface area (Å²) >= 11 is 7.95. The van der Waals surface area contributed by atoms with Crippen molar-refractivity contribution in [3.8, 4) is 11.5 Å². The van der Waals surface area contributed by atoms with Crippen LogP contribution in [0.25, 0.3) is 0 Å². The summed E-state index contributed by atoms with van der Waals surface area (Å²) in [6.45, 7) is 2.42. The summed E-state index contributed by atoms with van der Waals surface area (Å²) in [5, 5.41) is 12.5. The van der Waals surface area contributed by atoms with Crippen molar-refractivity contribution < 1.29 is 19.4 Å². The average Bonchev–Trinajstić information content (AvgIpc) is 3.12. The highest BCUT2D eigenvalue weighted by Gasteiger charge is 2.31. The molecular formula is C19H20ClNO4S. The van der Waals surface area contributed by atoms with Crippen LogP contribution in [-0.4, -0.2) is 30.0 Å². The number of nitrogens with one attached hydrogen (secondary N) is 1. The van der Waals surface area contributed by atoms with Crippen LogP contribution in [-0.2, 0) is 11.4 Å². The molecule has 0 amide bonds. The zero-order chi connectivity index (χ0) is 18.7. The van der Waals surface area contributed by atoms with Crippen LogP contribution in [0.15, 0.2) is 36.4 Å². The predicted octanol–water partition coefficient (Wildman–Crippen LogP) is 4.02. The molecule has 2 atom stereocenters. The first-order chi connectivity index (χ1) is 12.5. The van der Waals surface area contributed by atoms with Crippen molar-refractivity contribution >= 4 is 29.3 Å². The summed E-state index contributed by atoms with van der Waals surface area (Å²) in [7, 11) is 1.56. The second-order valence-electron chi connectivity index (χ2n) is 6.08. The molecule has 1 aliphatic heterocycles. The van der Waals surface area contributed by atoms with E-state index >= 15 is 0 Å². The van der Waals surface area contributed by atoms with Crippen molar-refractivity contribution in [2.75, 3.05) is 12.9 Å². The molecule has 0 bridgehead atoms. The lowest BCUT2D eigenvalue weighted by Crippen LogP contribution is -2.33. The van der Waals surface area contributed by atoms with Crippen molar-refractivity contribution in [1.29, 1.82) is 0 Å². The van der Waals surface area contributed by atoms with E-state index in [0.717, 1.165) is 11.1 Å². The Morgan fingerprint density at radius 2 is 2.08 bits per heavy atom. The Hall–Kier alpha value is -1.89. The molecule has 5 nitrogen and oxygen atoms in total. The Balaban J connectivity index is 1.77. The lowest BCUT2D eigenvalue weighted by atomic mass is 10.1. The molecule has 0 aliphatic carbocycles. The van der Waals surface area contributed by atoms with Crippen molar-refractivity contribution in [3.63, 3.8) is 0 Å². The van der Waals surface area contributed by atoms with Gasteiger partial charge in [0.2, 0.25) is 0 Å². The molecule has 3 rings (SSSR count). The summed E-state index contributed by atoms with van der Waals surface area (Å²) in [6, 6.07) is 11.1. The van der Waals surface area contributed by atoms with E-state index in [0.29, 0.717) is 28.9 Å². The lowest BCUT2D eigenvalue weighted by Gasteiger charge is -2.17. The van der Waals surface area contributed by atoms with Crippen molar-refractivity contribution in [2.45, 2.75) is 24.9 Å². The number of carboxylic acids is 1. The van der Waals surface area contributed by atoms with E-state index in [2.05, 4.69) is 5.32 Å². The number of aliphatic carboxylic acids is 1. The smallest absolute Gasteiger partial charge is 0.321 e. The molecule has 1 heterocycles. The fraction of sp³-hybridized carbons (Fsp3) is 0.316. The number of halogens is 1. The molecule has 7 heteroatoms. The monoisotopic (exact) mass is 393 g/mol. The van der Waals surface area contributed by atoms with Gasteiger partial charge in [-0.15, -0.1) is 11.8 Å². The molecule has 1 aliphatic rings. The van der Waals surface area contributed by atoms with Crippen LogP contribution in [0.3, 0.4) is 0 Å². The number of hydrogen-bond acceptors (Lipinski definition) is 5. The molecule has 2 unspecified atom stereocenters. The van der Waals surface area contributed by atoms with Crippen LogP contribution in [0.4, 0.5) is 0 Å². The maximum absolute atomic E-state index is 11.1. The Kier molecular flexibility index (Phi) is 5.96. The predicted molar refractivity (Wildman–Crippen MR) is 103 cm³/mol. The first-order valence-electron chi connectivity index (χ1n) is 8.14. The average molecular weight is 394 g/mol. The topological polar surface area (TPSA) is 67.8 Å². The van der Waals surface area contributed by atoms with Crippen LogP contribution in [0.2, 0.25) is 5.02 Å². The molecule has 2 N–H and O–H groups in total. The van der Waals surface area contributed by atoms with Gasteiger partial charge in [-0.05, 0) is 30.2 Å². The second-order valence-corrected chi connectivity index (χ2v) is 7.62. The first-order valence-corrected chi connectivity index (χ1v) is 9.57. The molecule has 2 aromatic carbocycles. The van der Waals surface area contributed by atoms with Gasteiger partial charge >= 0.3 is 5.97 Å². The van der Waals surface area contributed by atoms with Gasteiger partial charge in [-0.1, -0.05) is 41.4 Å². The summed E-state index contributed by atoms with van der Waals surface area (Å²) in [4.78, 5) is 11.1. The zero-order valence-electron chi connectivity index (χ0n) is 14.5. The SMILES string of the molecule is COc1cc(C2NC(C(=O)O)CS2)cc(Cl)c1OCc1ccc(C)cc1. The number of benzene rings is 2. The Morgan fingerprint density at radius 3 is 2.69 bits per heavy atom. The molecular weight excluding hydrogens is 374 g/mol. The first kappa shape index (κ1) is 18.9. The van der Waals surface area contributed by atoms with Gasteiger partial charge in [-0.3, -0.25) is 10.1 Å². The van der Waals surface area contributed by atoms with E-state index in [1.54, 1.807) is 13.2 Å². The lowest BCUT2D eigenvalue weighted by molar-refractivity contribution is -0.138. The third kappa shape index (κ3) is 4.26. The molecule has 2 aromatic rings. The van der Waals surface area contributed by atoms with Gasteiger partial charge in [0, 0.05) is 5.75 Å². The molecule has 0 aromatic heterocycles. The Labute approximate surface area is 161 Å². The largest absolute Gasteiger partial charge is 0.493 e. The van der Waals surface area contributed by atoms with E-state index < -0.39 is 12.0 Å². The number of ether oxygens (including phenoxy) is 2. The zero-order valence-corrected chi connectivity index (χ0v) is 16.1. The number of carbonyl (C=O) groups is 1. The third-order valence-corrected chi connectivity index (χ3v) is 5.69. The fourth-order valence-corrected chi connectivity index (χ4v) is 4.16. The number of hydrogen-bond donors (Lipinski definition) is 2. The maximum atomic E-state index is 11.1. The van der Waals surface area contributed by atoms with Crippen molar-refractivity contribution in [2.24, 2.45) is 0 Å². The van der Waals surface area contributed by atoms with Gasteiger partial charge in [0.15, 0.2) is 11.5 Å². The van der Waals surface area contributed by atoms with E-state index in [1.165, 1.54) is 17.3 Å². The molecule has 0 radical (unpaired) electrons. The van der Waals surface area contributed by atoms with Crippen LogP contribution in [0, 0.1) is 6.92 Å². The Bertz CT molecular complexity index is 797. The number of methoxy groups -OCH3 is 1. The van der Waals surface area contributed by atoms with Crippen LogP contribution in [0.5, 0.6) is 11.5 Å². The normalized spacial score (nSPS) is 19.3. The second kappa shape index (κ2) is 8.20. The molecule has 26 heavy (non-hydrogen) atoms. The van der Waals surface area contributed by atoms with Gasteiger partial charge < -0.3 is 14.6 Å². The van der Waals surface area contributed by atoms with Crippen LogP contribution < -0.4 is 14.8 Å². The fourth-order valence-electron chi connectivity index (χ4n) is 2.68. The molecule has 138 valence electrons. The minimum Gasteiger partial charge on any atom is -0.493 e. The van der Waals surface area contributed by atoms with Gasteiger partial charge in [-0.25, -0.2) is 0 Å². The molecule has 1 saturated heterocycles. The highest BCUT2D eigenvalue weighted by atomic mass is 35.5. The van der Waals surface area contributed by atoms with Gasteiger partial charge in [0.25, 0.3) is 0 Å². The third-order valence-electron chi connectivity index (χ3n) is 4.14. The van der Waals surface area contributed by atoms with E-state index in [1.807, 2.05) is 37.3 Å². The number of rotatable bonds is 6. The van der Waals surface area contributed by atoms with Gasteiger partial charge in [0.1, 0.15) is 12.6 Å². The van der Waals surface area contributed by atoms with E-state index in [-0.39, 0.29) is 5.37 Å². The summed E-state index contributed by atoms with van der Waals surface area (Å²) in [6.07, 6.45) is 0. The van der Waals surface area contributed by atoms with Gasteiger partial charge in [-0.2, -0.15) is 0 Å². The van der Waals surface area contributed by atoms with Gasteiger partial charge in [0.05, 0.1) is 17.5 Å². The van der Waals surface area contributed by atoms with E-state index in [4.69, 9.17) is 26.2 Å². The van der Waals surface area contributed by atoms with Crippen LogP contribution in [0.1, 0.15) is 22.1 Å². The number of aryl methyl sites for hydroxylation is 1. The summed E-state index contributed by atoms with van der Waals surface area (Å²) in [5.74, 6) is 0.666. The molecule has 1 fully saturated rings. The number of carboxylic acid groups (broad SMARTS) is 1. The highest BCUT2D eigenvalue weighted by Crippen LogP contribution is 2.42. The highest BCUT2D eigenvalue weighted by molar-refractivity contribution is 7.99. The Morgan fingerprint density at radius 1 is 1.35 bits per heavy atom. The number of thioether (sulfide) groups is 1. The standard InChI is InChI=1S/C19H20ClNO4S/c1-11-3-5-12(6-4-11)9-25-17-14(20)7-13(8-16(17)24-2)18-21-15(10-26-18)19(22)23/h3-8,15,18,21H,9-10H2,1-2H3,(H,22,23). The molecule has 0 saturated carbocycles. The van der Waals surface area contributed by atoms with Crippen molar-refractivity contribution in [3.05, 3.63) is 58.1 Å². The molecule has 0 spiro atoms. The quantitative estimate of drug-likeness (QED) is 0.772. The van der Waals surface area contributed by atoms with Crippen LogP contribution >= 0.6 is 23.4 Å². The minimum absolute atomic E-state index is 0.145. The van der Waals surface area contributed by atoms with E-state index in [9.17, 15) is 4.79 Å². The van der Waals surface area contributed by atoms with Crippen molar-refractivity contribution in [1.82, 2.24) is 5.32 Å².